The molecule has 0 aromatic heterocycles. The van der Waals surface area contributed by atoms with Gasteiger partial charge in [-0.1, -0.05) is 42.5 Å². The SMILES string of the molecule is COc1ccc(N2C(=O)NC(=O)/C(=C\c3ccccc3Cc3ccccc3F)C2=O)cc1. The predicted octanol–water partition coefficient (Wildman–Crippen LogP) is 4.09. The Labute approximate surface area is 183 Å². The van der Waals surface area contributed by atoms with Gasteiger partial charge >= 0.3 is 6.03 Å². The molecular formula is C25H19FN2O4. The molecule has 1 heterocycles. The van der Waals surface area contributed by atoms with Crippen LogP contribution in [0.2, 0.25) is 0 Å². The molecule has 1 N–H and O–H groups in total. The minimum atomic E-state index is -0.832. The molecule has 1 fully saturated rings. The summed E-state index contributed by atoms with van der Waals surface area (Å²) in [6.07, 6.45) is 1.71. The van der Waals surface area contributed by atoms with Crippen LogP contribution in [-0.2, 0) is 16.0 Å². The zero-order valence-electron chi connectivity index (χ0n) is 17.2. The highest BCUT2D eigenvalue weighted by atomic mass is 19.1. The molecule has 1 aliphatic rings. The Morgan fingerprint density at radius 2 is 1.56 bits per heavy atom. The molecule has 160 valence electrons. The number of nitrogens with zero attached hydrogens (tertiary/aromatic N) is 1. The molecule has 0 spiro atoms. The monoisotopic (exact) mass is 430 g/mol. The van der Waals surface area contributed by atoms with Crippen molar-refractivity contribution < 1.29 is 23.5 Å². The predicted molar refractivity (Wildman–Crippen MR) is 118 cm³/mol. The largest absolute Gasteiger partial charge is 0.497 e. The summed E-state index contributed by atoms with van der Waals surface area (Å²) in [5.74, 6) is -1.31. The summed E-state index contributed by atoms with van der Waals surface area (Å²) in [7, 11) is 1.51. The highest BCUT2D eigenvalue weighted by molar-refractivity contribution is 6.39. The van der Waals surface area contributed by atoms with Crippen molar-refractivity contribution in [2.45, 2.75) is 6.42 Å². The van der Waals surface area contributed by atoms with Crippen LogP contribution in [-0.4, -0.2) is 25.0 Å². The lowest BCUT2D eigenvalue weighted by Gasteiger charge is -2.26. The number of hydrogen-bond donors (Lipinski definition) is 1. The fourth-order valence-corrected chi connectivity index (χ4v) is 3.46. The summed E-state index contributed by atoms with van der Waals surface area (Å²) in [6.45, 7) is 0. The number of anilines is 1. The van der Waals surface area contributed by atoms with Crippen molar-refractivity contribution in [1.82, 2.24) is 5.32 Å². The van der Waals surface area contributed by atoms with Gasteiger partial charge in [0.15, 0.2) is 0 Å². The summed E-state index contributed by atoms with van der Waals surface area (Å²) in [5, 5.41) is 2.20. The summed E-state index contributed by atoms with van der Waals surface area (Å²) < 4.78 is 19.2. The average molecular weight is 430 g/mol. The van der Waals surface area contributed by atoms with E-state index in [4.69, 9.17) is 4.74 Å². The Balaban J connectivity index is 1.70. The van der Waals surface area contributed by atoms with Gasteiger partial charge in [0, 0.05) is 6.42 Å². The molecule has 0 saturated carbocycles. The van der Waals surface area contributed by atoms with Gasteiger partial charge in [0.25, 0.3) is 11.8 Å². The molecule has 0 aliphatic carbocycles. The van der Waals surface area contributed by atoms with Crippen LogP contribution in [0.3, 0.4) is 0 Å². The first kappa shape index (κ1) is 21.0. The van der Waals surface area contributed by atoms with E-state index in [0.717, 1.165) is 10.5 Å². The second kappa shape index (κ2) is 8.85. The zero-order valence-corrected chi connectivity index (χ0v) is 17.2. The molecule has 0 radical (unpaired) electrons. The molecule has 6 nitrogen and oxygen atoms in total. The Bertz CT molecular complexity index is 1230. The number of nitrogens with one attached hydrogen (secondary N) is 1. The summed E-state index contributed by atoms with van der Waals surface area (Å²) in [4.78, 5) is 38.9. The van der Waals surface area contributed by atoms with E-state index in [1.165, 1.54) is 19.3 Å². The lowest BCUT2D eigenvalue weighted by Crippen LogP contribution is -2.54. The number of barbiturate groups is 1. The fraction of sp³-hybridized carbons (Fsp3) is 0.0800. The molecule has 4 amide bonds. The number of hydrogen-bond acceptors (Lipinski definition) is 4. The number of rotatable bonds is 5. The van der Waals surface area contributed by atoms with Crippen LogP contribution in [0.25, 0.3) is 6.08 Å². The van der Waals surface area contributed by atoms with Gasteiger partial charge in [-0.2, -0.15) is 0 Å². The number of methoxy groups -OCH3 is 1. The molecule has 3 aromatic rings. The molecule has 7 heteroatoms. The normalized spacial score (nSPS) is 15.1. The van der Waals surface area contributed by atoms with E-state index in [9.17, 15) is 18.8 Å². The molecule has 32 heavy (non-hydrogen) atoms. The molecular weight excluding hydrogens is 411 g/mol. The van der Waals surface area contributed by atoms with Gasteiger partial charge in [-0.25, -0.2) is 14.1 Å². The molecule has 0 atom stereocenters. The van der Waals surface area contributed by atoms with Crippen molar-refractivity contribution in [2.24, 2.45) is 0 Å². The lowest BCUT2D eigenvalue weighted by molar-refractivity contribution is -0.122. The Hall–Kier alpha value is -4.26. The van der Waals surface area contributed by atoms with Crippen LogP contribution in [0.5, 0.6) is 5.75 Å². The minimum Gasteiger partial charge on any atom is -0.497 e. The van der Waals surface area contributed by atoms with Gasteiger partial charge in [-0.3, -0.25) is 14.9 Å². The molecule has 4 rings (SSSR count). The van der Waals surface area contributed by atoms with Crippen LogP contribution in [0, 0.1) is 5.82 Å². The number of carbonyl (C=O) groups excluding carboxylic acids is 3. The van der Waals surface area contributed by atoms with Gasteiger partial charge in [0.05, 0.1) is 12.8 Å². The summed E-state index contributed by atoms with van der Waals surface area (Å²) in [5.41, 5.74) is 1.91. The average Bonchev–Trinajstić information content (AvgIpc) is 2.79. The van der Waals surface area contributed by atoms with Crippen LogP contribution in [0.4, 0.5) is 14.9 Å². The smallest absolute Gasteiger partial charge is 0.335 e. The summed E-state index contributed by atoms with van der Waals surface area (Å²) >= 11 is 0. The van der Waals surface area contributed by atoms with Crippen molar-refractivity contribution in [3.05, 3.63) is 101 Å². The van der Waals surface area contributed by atoms with E-state index in [2.05, 4.69) is 5.32 Å². The third-order valence-electron chi connectivity index (χ3n) is 5.13. The van der Waals surface area contributed by atoms with Crippen molar-refractivity contribution >= 4 is 29.6 Å². The van der Waals surface area contributed by atoms with Gasteiger partial charge in [0.1, 0.15) is 17.1 Å². The van der Waals surface area contributed by atoms with Crippen molar-refractivity contribution in [2.75, 3.05) is 12.0 Å². The number of carbonyl (C=O) groups is 3. The molecule has 0 unspecified atom stereocenters. The van der Waals surface area contributed by atoms with E-state index in [1.807, 2.05) is 0 Å². The number of halogens is 1. The third-order valence-corrected chi connectivity index (χ3v) is 5.13. The van der Waals surface area contributed by atoms with E-state index in [0.29, 0.717) is 22.6 Å². The highest BCUT2D eigenvalue weighted by Crippen LogP contribution is 2.25. The van der Waals surface area contributed by atoms with Gasteiger partial charge in [0.2, 0.25) is 0 Å². The van der Waals surface area contributed by atoms with Crippen LogP contribution in [0.15, 0.2) is 78.4 Å². The quantitative estimate of drug-likeness (QED) is 0.489. The fourth-order valence-electron chi connectivity index (χ4n) is 3.46. The van der Waals surface area contributed by atoms with E-state index in [-0.39, 0.29) is 17.8 Å². The van der Waals surface area contributed by atoms with E-state index >= 15 is 0 Å². The van der Waals surface area contributed by atoms with Gasteiger partial charge in [-0.15, -0.1) is 0 Å². The zero-order chi connectivity index (χ0) is 22.7. The maximum absolute atomic E-state index is 14.1. The van der Waals surface area contributed by atoms with E-state index < -0.39 is 17.8 Å². The Morgan fingerprint density at radius 3 is 2.25 bits per heavy atom. The van der Waals surface area contributed by atoms with Crippen molar-refractivity contribution in [3.63, 3.8) is 0 Å². The summed E-state index contributed by atoms with van der Waals surface area (Å²) in [6, 6.07) is 19.0. The van der Waals surface area contributed by atoms with Crippen LogP contribution < -0.4 is 15.0 Å². The topological polar surface area (TPSA) is 75.7 Å². The first-order valence-corrected chi connectivity index (χ1v) is 9.85. The first-order valence-electron chi connectivity index (χ1n) is 9.85. The third kappa shape index (κ3) is 4.13. The molecule has 1 saturated heterocycles. The maximum Gasteiger partial charge on any atom is 0.335 e. The first-order chi connectivity index (χ1) is 15.5. The number of urea groups is 1. The van der Waals surface area contributed by atoms with Crippen LogP contribution in [0.1, 0.15) is 16.7 Å². The molecule has 0 bridgehead atoms. The van der Waals surface area contributed by atoms with Crippen molar-refractivity contribution in [1.29, 1.82) is 0 Å². The maximum atomic E-state index is 14.1. The number of benzene rings is 3. The number of imide groups is 2. The lowest BCUT2D eigenvalue weighted by atomic mass is 9.97. The number of ether oxygens (including phenoxy) is 1. The highest BCUT2D eigenvalue weighted by Gasteiger charge is 2.36. The van der Waals surface area contributed by atoms with Crippen molar-refractivity contribution in [3.8, 4) is 5.75 Å². The molecule has 1 aliphatic heterocycles. The van der Waals surface area contributed by atoms with Gasteiger partial charge < -0.3 is 4.74 Å². The van der Waals surface area contributed by atoms with Crippen LogP contribution >= 0.6 is 0 Å². The minimum absolute atomic E-state index is 0.193. The Morgan fingerprint density at radius 1 is 0.906 bits per heavy atom. The van der Waals surface area contributed by atoms with E-state index in [1.54, 1.807) is 66.7 Å². The standard InChI is InChI=1S/C25H19FN2O4/c1-32-20-12-10-19(11-13-20)28-24(30)21(23(29)27-25(28)31)15-17-7-3-2-6-16(17)14-18-8-4-5-9-22(18)26/h2-13,15H,14H2,1H3,(H,27,29,31)/b21-15+. The molecule has 3 aromatic carbocycles. The number of amides is 4. The second-order valence-electron chi connectivity index (χ2n) is 7.12. The van der Waals surface area contributed by atoms with Gasteiger partial charge in [-0.05, 0) is 53.1 Å². The Kier molecular flexibility index (Phi) is 5.81. The second-order valence-corrected chi connectivity index (χ2v) is 7.12.